The van der Waals surface area contributed by atoms with Crippen molar-refractivity contribution >= 4 is 0 Å². The van der Waals surface area contributed by atoms with E-state index < -0.39 is 0 Å². The van der Waals surface area contributed by atoms with Gasteiger partial charge in [-0.05, 0) is 37.1 Å². The van der Waals surface area contributed by atoms with Crippen LogP contribution in [0.25, 0.3) is 0 Å². The van der Waals surface area contributed by atoms with E-state index in [1.807, 2.05) is 27.7 Å². The highest BCUT2D eigenvalue weighted by Crippen LogP contribution is 2.39. The molecule has 1 aliphatic carbocycles. The molecule has 0 spiro atoms. The van der Waals surface area contributed by atoms with Crippen LogP contribution in [0.3, 0.4) is 0 Å². The van der Waals surface area contributed by atoms with E-state index in [1.54, 1.807) is 0 Å². The maximum Gasteiger partial charge on any atom is 0.0437 e. The molecule has 0 atom stereocenters. The van der Waals surface area contributed by atoms with Crippen molar-refractivity contribution in [2.45, 2.75) is 59.5 Å². The first-order chi connectivity index (χ1) is 8.33. The van der Waals surface area contributed by atoms with Gasteiger partial charge in [0.25, 0.3) is 0 Å². The normalized spacial score (nSPS) is 17.5. The lowest BCUT2D eigenvalue weighted by Gasteiger charge is -2.02. The third-order valence-electron chi connectivity index (χ3n) is 2.98. The topological polar surface area (TPSA) is 16.1 Å². The monoisotopic (exact) mass is 234 g/mol. The second-order valence-electron chi connectivity index (χ2n) is 4.32. The fourth-order valence-corrected chi connectivity index (χ4v) is 2.07. The van der Waals surface area contributed by atoms with Gasteiger partial charge in [-0.15, -0.1) is 0 Å². The minimum atomic E-state index is 0.788. The van der Waals surface area contributed by atoms with E-state index in [0.29, 0.717) is 0 Å². The summed E-state index contributed by atoms with van der Waals surface area (Å²) < 4.78 is 0. The highest BCUT2D eigenvalue weighted by atomic mass is 15.1. The zero-order valence-electron chi connectivity index (χ0n) is 12.0. The van der Waals surface area contributed by atoms with Crippen LogP contribution in [0, 0.1) is 0 Å². The van der Waals surface area contributed by atoms with E-state index in [2.05, 4.69) is 29.2 Å². The maximum atomic E-state index is 4.52. The molecule has 1 saturated carbocycles. The summed E-state index contributed by atoms with van der Waals surface area (Å²) in [5.74, 6) is 0.788. The molecule has 0 radical (unpaired) electrons. The first kappa shape index (κ1) is 14.2. The number of hydrogen-bond donors (Lipinski definition) is 0. The molecule has 1 aliphatic heterocycles. The summed E-state index contributed by atoms with van der Waals surface area (Å²) in [6.45, 7) is 10.2. The minimum absolute atomic E-state index is 0.788. The number of hydrogen-bond acceptors (Lipinski definition) is 2. The summed E-state index contributed by atoms with van der Waals surface area (Å²) in [5, 5.41) is 0. The lowest BCUT2D eigenvalue weighted by molar-refractivity contribution is 0.353. The van der Waals surface area contributed by atoms with Crippen molar-refractivity contribution in [3.8, 4) is 0 Å². The second kappa shape index (κ2) is 6.75. The van der Waals surface area contributed by atoms with Gasteiger partial charge in [0.15, 0.2) is 0 Å². The molecular weight excluding hydrogens is 208 g/mol. The minimum Gasteiger partial charge on any atom is -0.298 e. The smallest absolute Gasteiger partial charge is 0.0437 e. The molecule has 2 nitrogen and oxygen atoms in total. The third kappa shape index (κ3) is 3.53. The van der Waals surface area contributed by atoms with Gasteiger partial charge in [-0.1, -0.05) is 27.7 Å². The van der Waals surface area contributed by atoms with Gasteiger partial charge < -0.3 is 0 Å². The quantitative estimate of drug-likeness (QED) is 0.731. The van der Waals surface area contributed by atoms with Gasteiger partial charge in [-0.25, -0.2) is 0 Å². The van der Waals surface area contributed by atoms with Gasteiger partial charge in [0, 0.05) is 30.9 Å². The zero-order chi connectivity index (χ0) is 12.8. The van der Waals surface area contributed by atoms with Crippen molar-refractivity contribution in [1.29, 1.82) is 0 Å². The van der Waals surface area contributed by atoms with Gasteiger partial charge in [-0.2, -0.15) is 0 Å². The Labute approximate surface area is 106 Å². The van der Waals surface area contributed by atoms with Crippen LogP contribution in [-0.2, 0) is 13.1 Å². The van der Waals surface area contributed by atoms with Crippen molar-refractivity contribution in [3.05, 3.63) is 29.1 Å². The van der Waals surface area contributed by atoms with E-state index in [-0.39, 0.29) is 0 Å². The highest BCUT2D eigenvalue weighted by molar-refractivity contribution is 5.32. The molecular formula is C15H26N2. The number of pyridine rings is 1. The molecule has 96 valence electrons. The third-order valence-corrected chi connectivity index (χ3v) is 2.98. The molecule has 2 heterocycles. The highest BCUT2D eigenvalue weighted by Gasteiger charge is 2.26. The van der Waals surface area contributed by atoms with E-state index in [0.717, 1.165) is 19.0 Å². The molecule has 0 aromatic carbocycles. The van der Waals surface area contributed by atoms with Gasteiger partial charge in [-0.3, -0.25) is 9.88 Å². The van der Waals surface area contributed by atoms with Crippen LogP contribution < -0.4 is 0 Å². The Balaban J connectivity index is 0.000000330. The van der Waals surface area contributed by atoms with Crippen molar-refractivity contribution < 1.29 is 0 Å². The van der Waals surface area contributed by atoms with Crippen molar-refractivity contribution in [2.75, 3.05) is 7.05 Å². The van der Waals surface area contributed by atoms with Crippen LogP contribution in [0.15, 0.2) is 12.3 Å². The fourth-order valence-electron chi connectivity index (χ4n) is 2.07. The van der Waals surface area contributed by atoms with E-state index in [9.17, 15) is 0 Å². The standard InChI is InChI=1S/C11H14N2.2C2H6/c1-13-6-9-4-11(8-2-3-8)12-5-10(9)7-13;2*1-2/h4-5,8H,2-3,6-7H2,1H3;2*1-2H3. The van der Waals surface area contributed by atoms with E-state index in [1.165, 1.54) is 29.7 Å². The Bertz CT molecular complexity index is 343. The van der Waals surface area contributed by atoms with Gasteiger partial charge in [0.2, 0.25) is 0 Å². The molecule has 0 saturated heterocycles. The summed E-state index contributed by atoms with van der Waals surface area (Å²) in [4.78, 5) is 6.86. The average molecular weight is 234 g/mol. The second-order valence-corrected chi connectivity index (χ2v) is 4.32. The van der Waals surface area contributed by atoms with Crippen LogP contribution in [0.2, 0.25) is 0 Å². The number of aromatic nitrogens is 1. The lowest BCUT2D eigenvalue weighted by atomic mass is 10.1. The SMILES string of the molecule is CC.CC.CN1Cc2cnc(C3CC3)cc2C1. The zero-order valence-corrected chi connectivity index (χ0v) is 12.0. The Morgan fingerprint density at radius 2 is 1.65 bits per heavy atom. The molecule has 3 rings (SSSR count). The van der Waals surface area contributed by atoms with Crippen LogP contribution >= 0.6 is 0 Å². The summed E-state index contributed by atoms with van der Waals surface area (Å²) in [6.07, 6.45) is 4.77. The Morgan fingerprint density at radius 3 is 2.24 bits per heavy atom. The van der Waals surface area contributed by atoms with Gasteiger partial charge >= 0.3 is 0 Å². The first-order valence-corrected chi connectivity index (χ1v) is 6.99. The van der Waals surface area contributed by atoms with Crippen molar-refractivity contribution in [1.82, 2.24) is 9.88 Å². The van der Waals surface area contributed by atoms with E-state index >= 15 is 0 Å². The summed E-state index contributed by atoms with van der Waals surface area (Å²) in [6, 6.07) is 2.32. The van der Waals surface area contributed by atoms with Gasteiger partial charge in [0.05, 0.1) is 0 Å². The van der Waals surface area contributed by atoms with E-state index in [4.69, 9.17) is 0 Å². The number of rotatable bonds is 1. The Morgan fingerprint density at radius 1 is 1.06 bits per heavy atom. The Hall–Kier alpha value is -0.890. The molecule has 1 aromatic heterocycles. The number of fused-ring (bicyclic) bond motifs is 1. The first-order valence-electron chi connectivity index (χ1n) is 6.99. The summed E-state index contributed by atoms with van der Waals surface area (Å²) in [7, 11) is 2.16. The Kier molecular flexibility index (Phi) is 5.63. The predicted octanol–water partition coefficient (Wildman–Crippen LogP) is 3.96. The van der Waals surface area contributed by atoms with Crippen LogP contribution in [-0.4, -0.2) is 16.9 Å². The van der Waals surface area contributed by atoms with Crippen molar-refractivity contribution in [2.24, 2.45) is 0 Å². The molecule has 1 fully saturated rings. The van der Waals surface area contributed by atoms with Crippen molar-refractivity contribution in [3.63, 3.8) is 0 Å². The molecule has 2 aliphatic rings. The van der Waals surface area contributed by atoms with Crippen LogP contribution in [0.5, 0.6) is 0 Å². The maximum absolute atomic E-state index is 4.52. The van der Waals surface area contributed by atoms with Crippen LogP contribution in [0.4, 0.5) is 0 Å². The molecule has 0 unspecified atom stereocenters. The van der Waals surface area contributed by atoms with Crippen LogP contribution in [0.1, 0.15) is 63.3 Å². The lowest BCUT2D eigenvalue weighted by Crippen LogP contribution is -2.07. The summed E-state index contributed by atoms with van der Waals surface area (Å²) in [5.41, 5.74) is 4.25. The fraction of sp³-hybridized carbons (Fsp3) is 0.667. The molecule has 0 amide bonds. The molecule has 1 aromatic rings. The predicted molar refractivity (Wildman–Crippen MR) is 74.1 cm³/mol. The molecule has 0 bridgehead atoms. The molecule has 2 heteroatoms. The molecule has 0 N–H and O–H groups in total. The number of nitrogens with zero attached hydrogens (tertiary/aromatic N) is 2. The molecule has 17 heavy (non-hydrogen) atoms. The summed E-state index contributed by atoms with van der Waals surface area (Å²) >= 11 is 0. The van der Waals surface area contributed by atoms with Gasteiger partial charge in [0.1, 0.15) is 0 Å². The average Bonchev–Trinajstić information content (AvgIpc) is 3.15. The largest absolute Gasteiger partial charge is 0.298 e.